The summed E-state index contributed by atoms with van der Waals surface area (Å²) < 4.78 is 46.3. The highest BCUT2D eigenvalue weighted by atomic mass is 19.4. The smallest absolute Gasteiger partial charge is 0.497 e. The third-order valence-corrected chi connectivity index (χ3v) is 5.62. The molecule has 1 fully saturated rings. The Morgan fingerprint density at radius 2 is 1.72 bits per heavy atom. The number of hydrogen-bond donors (Lipinski definition) is 1. The lowest BCUT2D eigenvalue weighted by Crippen LogP contribution is -2.49. The van der Waals surface area contributed by atoms with E-state index in [0.717, 1.165) is 0 Å². The zero-order valence-electron chi connectivity index (χ0n) is 19.4. The number of nitrogens with one attached hydrogen (secondary N) is 1. The van der Waals surface area contributed by atoms with Gasteiger partial charge in [-0.3, -0.25) is 9.69 Å². The standard InChI is InChI=1S/C26H24F3N3O4/c1-35-21-7-4-6-19(16-21)24(33)30-22-8-2-3-9-23(22)32-15-5-14-31(25(32)34)17-18-10-12-20(13-11-18)36-26(27,28)29/h2-4,6-13,16H,5,14-15,17H2,1H3,(H,30,33). The Bertz CT molecular complexity index is 1230. The fraction of sp³-hybridized carbons (Fsp3) is 0.231. The molecule has 0 atom stereocenters. The highest BCUT2D eigenvalue weighted by molar-refractivity contribution is 6.07. The Balaban J connectivity index is 1.48. The van der Waals surface area contributed by atoms with Gasteiger partial charge >= 0.3 is 12.4 Å². The van der Waals surface area contributed by atoms with Crippen LogP contribution >= 0.6 is 0 Å². The number of carbonyl (C=O) groups excluding carboxylic acids is 2. The highest BCUT2D eigenvalue weighted by Crippen LogP contribution is 2.30. The minimum atomic E-state index is -4.76. The van der Waals surface area contributed by atoms with E-state index in [0.29, 0.717) is 47.8 Å². The molecule has 0 aromatic heterocycles. The van der Waals surface area contributed by atoms with E-state index in [4.69, 9.17) is 4.74 Å². The number of alkyl halides is 3. The van der Waals surface area contributed by atoms with Crippen molar-refractivity contribution < 1.29 is 32.2 Å². The first-order chi connectivity index (χ1) is 17.2. The molecule has 0 unspecified atom stereocenters. The minimum absolute atomic E-state index is 0.222. The number of nitrogens with zero attached hydrogens (tertiary/aromatic N) is 2. The molecule has 36 heavy (non-hydrogen) atoms. The van der Waals surface area contributed by atoms with E-state index in [1.165, 1.54) is 31.4 Å². The Hall–Kier alpha value is -4.21. The Morgan fingerprint density at radius 1 is 0.972 bits per heavy atom. The van der Waals surface area contributed by atoms with Gasteiger partial charge in [0.2, 0.25) is 0 Å². The lowest BCUT2D eigenvalue weighted by Gasteiger charge is -2.36. The van der Waals surface area contributed by atoms with Gasteiger partial charge in [0.1, 0.15) is 11.5 Å². The van der Waals surface area contributed by atoms with Gasteiger partial charge in [0.25, 0.3) is 5.91 Å². The van der Waals surface area contributed by atoms with Crippen LogP contribution in [0.2, 0.25) is 0 Å². The Kier molecular flexibility index (Phi) is 7.33. The van der Waals surface area contributed by atoms with Gasteiger partial charge in [0.05, 0.1) is 18.5 Å². The average molecular weight is 499 g/mol. The van der Waals surface area contributed by atoms with Crippen molar-refractivity contribution in [1.29, 1.82) is 0 Å². The molecule has 7 nitrogen and oxygen atoms in total. The second kappa shape index (κ2) is 10.6. The number of amides is 3. The fourth-order valence-electron chi connectivity index (χ4n) is 3.94. The summed E-state index contributed by atoms with van der Waals surface area (Å²) in [5.74, 6) is -0.113. The minimum Gasteiger partial charge on any atom is -0.497 e. The zero-order valence-corrected chi connectivity index (χ0v) is 19.4. The molecule has 4 rings (SSSR count). The van der Waals surface area contributed by atoms with E-state index in [2.05, 4.69) is 10.1 Å². The van der Waals surface area contributed by atoms with Crippen molar-refractivity contribution in [3.05, 3.63) is 83.9 Å². The predicted octanol–water partition coefficient (Wildman–Crippen LogP) is 5.68. The number of ether oxygens (including phenoxy) is 2. The molecule has 0 saturated carbocycles. The normalized spacial score (nSPS) is 13.9. The maximum atomic E-state index is 13.3. The molecule has 3 aromatic rings. The summed E-state index contributed by atoms with van der Waals surface area (Å²) in [4.78, 5) is 29.4. The van der Waals surface area contributed by atoms with Gasteiger partial charge in [-0.1, -0.05) is 30.3 Å². The van der Waals surface area contributed by atoms with E-state index in [-0.39, 0.29) is 24.2 Å². The van der Waals surface area contributed by atoms with Crippen molar-refractivity contribution >= 4 is 23.3 Å². The van der Waals surface area contributed by atoms with E-state index >= 15 is 0 Å². The number of halogens is 3. The fourth-order valence-corrected chi connectivity index (χ4v) is 3.94. The number of para-hydroxylation sites is 2. The van der Waals surface area contributed by atoms with Gasteiger partial charge in [-0.15, -0.1) is 13.2 Å². The van der Waals surface area contributed by atoms with E-state index in [1.54, 1.807) is 58.3 Å². The van der Waals surface area contributed by atoms with Gasteiger partial charge in [-0.05, 0) is 54.4 Å². The van der Waals surface area contributed by atoms with Gasteiger partial charge in [0, 0.05) is 25.2 Å². The first kappa shape index (κ1) is 24.9. The number of hydrogen-bond acceptors (Lipinski definition) is 4. The average Bonchev–Trinajstić information content (AvgIpc) is 2.86. The number of methoxy groups -OCH3 is 1. The van der Waals surface area contributed by atoms with Crippen molar-refractivity contribution in [2.24, 2.45) is 0 Å². The van der Waals surface area contributed by atoms with Crippen molar-refractivity contribution in [3.63, 3.8) is 0 Å². The van der Waals surface area contributed by atoms with E-state index in [1.807, 2.05) is 0 Å². The quantitative estimate of drug-likeness (QED) is 0.454. The third-order valence-electron chi connectivity index (χ3n) is 5.62. The summed E-state index contributed by atoms with van der Waals surface area (Å²) in [6.07, 6.45) is -4.08. The predicted molar refractivity (Wildman–Crippen MR) is 128 cm³/mol. The largest absolute Gasteiger partial charge is 0.573 e. The lowest BCUT2D eigenvalue weighted by atomic mass is 10.1. The molecule has 1 aliphatic rings. The number of urea groups is 1. The summed E-state index contributed by atoms with van der Waals surface area (Å²) in [5, 5.41) is 2.87. The summed E-state index contributed by atoms with van der Waals surface area (Å²) in [7, 11) is 1.52. The van der Waals surface area contributed by atoms with E-state index in [9.17, 15) is 22.8 Å². The van der Waals surface area contributed by atoms with Crippen LogP contribution in [0.5, 0.6) is 11.5 Å². The molecule has 3 aromatic carbocycles. The molecule has 0 aliphatic carbocycles. The van der Waals surface area contributed by atoms with E-state index < -0.39 is 6.36 Å². The molecule has 188 valence electrons. The van der Waals surface area contributed by atoms with Gasteiger partial charge < -0.3 is 19.7 Å². The third kappa shape index (κ3) is 6.07. The zero-order chi connectivity index (χ0) is 25.7. The maximum Gasteiger partial charge on any atom is 0.573 e. The van der Waals surface area contributed by atoms with Crippen LogP contribution in [-0.4, -0.2) is 43.4 Å². The van der Waals surface area contributed by atoms with Crippen LogP contribution in [0.4, 0.5) is 29.3 Å². The van der Waals surface area contributed by atoms with Crippen LogP contribution in [0.25, 0.3) is 0 Å². The van der Waals surface area contributed by atoms with Gasteiger partial charge in [-0.2, -0.15) is 0 Å². The molecule has 1 N–H and O–H groups in total. The number of carbonyl (C=O) groups is 2. The topological polar surface area (TPSA) is 71.1 Å². The molecule has 1 aliphatic heterocycles. The molecule has 1 heterocycles. The molecule has 0 spiro atoms. The molecular formula is C26H24F3N3O4. The van der Waals surface area contributed by atoms with Crippen molar-refractivity contribution in [2.45, 2.75) is 19.3 Å². The molecule has 3 amide bonds. The van der Waals surface area contributed by atoms with Crippen LogP contribution in [0, 0.1) is 0 Å². The summed E-state index contributed by atoms with van der Waals surface area (Å²) in [6.45, 7) is 1.17. The van der Waals surface area contributed by atoms with Crippen LogP contribution < -0.4 is 19.7 Å². The summed E-state index contributed by atoms with van der Waals surface area (Å²) >= 11 is 0. The Morgan fingerprint density at radius 3 is 2.44 bits per heavy atom. The van der Waals surface area contributed by atoms with Crippen LogP contribution in [-0.2, 0) is 6.54 Å². The lowest BCUT2D eigenvalue weighted by molar-refractivity contribution is -0.274. The van der Waals surface area contributed by atoms with Crippen LogP contribution in [0.15, 0.2) is 72.8 Å². The number of benzene rings is 3. The van der Waals surface area contributed by atoms with Crippen molar-refractivity contribution in [3.8, 4) is 11.5 Å². The van der Waals surface area contributed by atoms with Crippen molar-refractivity contribution in [1.82, 2.24) is 4.90 Å². The maximum absolute atomic E-state index is 13.3. The first-order valence-electron chi connectivity index (χ1n) is 11.2. The van der Waals surface area contributed by atoms with Crippen molar-refractivity contribution in [2.75, 3.05) is 30.4 Å². The number of rotatable bonds is 7. The van der Waals surface area contributed by atoms with Gasteiger partial charge in [-0.25, -0.2) is 4.79 Å². The number of anilines is 2. The highest BCUT2D eigenvalue weighted by Gasteiger charge is 2.31. The van der Waals surface area contributed by atoms with Gasteiger partial charge in [0.15, 0.2) is 0 Å². The Labute approximate surface area is 206 Å². The molecule has 10 heteroatoms. The second-order valence-corrected chi connectivity index (χ2v) is 8.10. The SMILES string of the molecule is COc1cccc(C(=O)Nc2ccccc2N2CCCN(Cc3ccc(OC(F)(F)F)cc3)C2=O)c1. The molecular weight excluding hydrogens is 475 g/mol. The summed E-state index contributed by atoms with van der Waals surface area (Å²) in [5.41, 5.74) is 2.11. The molecule has 0 radical (unpaired) electrons. The molecule has 0 bridgehead atoms. The first-order valence-corrected chi connectivity index (χ1v) is 11.2. The van der Waals surface area contributed by atoms with Crippen LogP contribution in [0.3, 0.4) is 0 Å². The second-order valence-electron chi connectivity index (χ2n) is 8.10. The monoisotopic (exact) mass is 499 g/mol. The summed E-state index contributed by atoms with van der Waals surface area (Å²) in [6, 6.07) is 18.9. The molecule has 1 saturated heterocycles. The van der Waals surface area contributed by atoms with Crippen LogP contribution in [0.1, 0.15) is 22.3 Å².